The molecule has 0 saturated heterocycles. The van der Waals surface area contributed by atoms with E-state index >= 15 is 0 Å². The van der Waals surface area contributed by atoms with Gasteiger partial charge in [0, 0.05) is 42.5 Å². The number of anilines is 2. The van der Waals surface area contributed by atoms with Crippen LogP contribution in [0, 0.1) is 5.92 Å². The highest BCUT2D eigenvalue weighted by atomic mass is 16.5. The van der Waals surface area contributed by atoms with Gasteiger partial charge in [-0.15, -0.1) is 0 Å². The number of hydrogen-bond acceptors (Lipinski definition) is 14. The van der Waals surface area contributed by atoms with Crippen LogP contribution in [0.3, 0.4) is 0 Å². The first kappa shape index (κ1) is 38.6. The van der Waals surface area contributed by atoms with Crippen LogP contribution in [0.25, 0.3) is 0 Å². The smallest absolute Gasteiger partial charge is 0.268 e. The van der Waals surface area contributed by atoms with E-state index in [-0.39, 0.29) is 104 Å². The highest BCUT2D eigenvalue weighted by Gasteiger charge is 2.41. The fourth-order valence-corrected chi connectivity index (χ4v) is 8.11. The van der Waals surface area contributed by atoms with E-state index in [4.69, 9.17) is 9.47 Å². The van der Waals surface area contributed by atoms with Crippen LogP contribution in [0.4, 0.5) is 11.9 Å². The van der Waals surface area contributed by atoms with Crippen molar-refractivity contribution in [2.45, 2.75) is 25.7 Å². The molecule has 0 radical (unpaired) electrons. The first-order chi connectivity index (χ1) is 30.6. The Bertz CT molecular complexity index is 2830. The number of nitrogens with zero attached hydrogens (tertiary/aromatic N) is 7. The molecule has 1 atom stereocenters. The van der Waals surface area contributed by atoms with Crippen molar-refractivity contribution in [3.63, 3.8) is 0 Å². The molecule has 0 fully saturated rings. The summed E-state index contributed by atoms with van der Waals surface area (Å²) in [4.78, 5) is 124. The summed E-state index contributed by atoms with van der Waals surface area (Å²) < 4.78 is 11.9. The third-order valence-electron chi connectivity index (χ3n) is 11.2. The lowest BCUT2D eigenvalue weighted by molar-refractivity contribution is 0.0649. The Labute approximate surface area is 355 Å². The van der Waals surface area contributed by atoms with Crippen LogP contribution in [-0.2, 0) is 0 Å². The van der Waals surface area contributed by atoms with E-state index in [2.05, 4.69) is 19.9 Å². The zero-order valence-electron chi connectivity index (χ0n) is 32.7. The average Bonchev–Trinajstić information content (AvgIpc) is 3.89. The Kier molecular flexibility index (Phi) is 9.28. The molecule has 1 aliphatic carbocycles. The van der Waals surface area contributed by atoms with Crippen LogP contribution in [0.15, 0.2) is 110 Å². The van der Waals surface area contributed by atoms with E-state index in [9.17, 15) is 38.4 Å². The number of rotatable bonds is 12. The molecular formula is C46H29N7O10. The van der Waals surface area contributed by atoms with E-state index < -0.39 is 41.4 Å². The van der Waals surface area contributed by atoms with Crippen molar-refractivity contribution in [1.82, 2.24) is 24.8 Å². The molecule has 0 saturated carbocycles. The van der Waals surface area contributed by atoms with Gasteiger partial charge in [-0.2, -0.15) is 0 Å². The summed E-state index contributed by atoms with van der Waals surface area (Å²) in [5.74, 6) is -3.91. The molecular weight excluding hydrogens is 811 g/mol. The molecule has 2 aromatic heterocycles. The van der Waals surface area contributed by atoms with Crippen molar-refractivity contribution in [2.75, 3.05) is 16.3 Å². The second-order valence-corrected chi connectivity index (χ2v) is 14.9. The summed E-state index contributed by atoms with van der Waals surface area (Å²) in [7, 11) is 0. The standard InChI is InChI=1S/C46H29N7O10/c54-37-28-11-7-24(62-26-9-13-30-35(22-26)43(60)52(41(30)58)45-47-15-4-16-48-45)20-33(28)38(55)32(37)6-2-1-3-19-51-39(56)29-12-8-25(21-34(29)40(51)57)63-27-10-14-31-36(23-27)44(61)53(42(31)59)46-49-17-5-18-50-46/h4-5,7-18,20-23,32H,1-3,6,19H2. The molecule has 4 aliphatic rings. The molecule has 0 bridgehead atoms. The quantitative estimate of drug-likeness (QED) is 0.0751. The van der Waals surface area contributed by atoms with Gasteiger partial charge in [-0.25, -0.2) is 29.7 Å². The number of fused-ring (bicyclic) bond motifs is 4. The van der Waals surface area contributed by atoms with E-state index in [1.807, 2.05) is 0 Å². The largest absolute Gasteiger partial charge is 0.457 e. The van der Waals surface area contributed by atoms with E-state index in [0.717, 1.165) is 14.7 Å². The van der Waals surface area contributed by atoms with Crippen LogP contribution in [0.5, 0.6) is 23.0 Å². The lowest BCUT2D eigenvalue weighted by atomic mass is 9.96. The molecule has 308 valence electrons. The van der Waals surface area contributed by atoms with Crippen LogP contribution in [-0.4, -0.2) is 78.4 Å². The Morgan fingerprint density at radius 1 is 0.413 bits per heavy atom. The number of Topliss-reactive ketones (excluding diaryl/α,β-unsaturated/α-hetero) is 2. The SMILES string of the molecule is O=C1c2ccc(Oc3ccc4c(c3)C(=O)N(c3ncccn3)C4=O)cc2C(=O)C1CCCCCN1C(=O)c2ccc(Oc3ccc4c(c3)C(=O)N(c3ncccn3)C4=O)cc2C1=O. The number of carbonyl (C=O) groups is 8. The molecule has 6 amide bonds. The number of unbranched alkanes of at least 4 members (excludes halogenated alkanes) is 2. The number of imide groups is 3. The molecule has 4 aromatic carbocycles. The summed E-state index contributed by atoms with van der Waals surface area (Å²) in [6, 6.07) is 21.0. The maximum absolute atomic E-state index is 13.5. The summed E-state index contributed by atoms with van der Waals surface area (Å²) in [6.45, 7) is 0.124. The number of benzene rings is 4. The molecule has 63 heavy (non-hydrogen) atoms. The Morgan fingerprint density at radius 3 is 1.29 bits per heavy atom. The van der Waals surface area contributed by atoms with Crippen LogP contribution < -0.4 is 19.3 Å². The van der Waals surface area contributed by atoms with E-state index in [1.54, 1.807) is 18.2 Å². The van der Waals surface area contributed by atoms with Crippen LogP contribution >= 0.6 is 0 Å². The zero-order chi connectivity index (χ0) is 43.5. The Balaban J connectivity index is 0.727. The average molecular weight is 840 g/mol. The summed E-state index contributed by atoms with van der Waals surface area (Å²) in [6.07, 6.45) is 7.42. The van der Waals surface area contributed by atoms with Gasteiger partial charge >= 0.3 is 0 Å². The normalized spacial score (nSPS) is 16.3. The maximum Gasteiger partial charge on any atom is 0.268 e. The van der Waals surface area contributed by atoms with Crippen molar-refractivity contribution < 1.29 is 47.8 Å². The van der Waals surface area contributed by atoms with Gasteiger partial charge in [-0.1, -0.05) is 12.8 Å². The summed E-state index contributed by atoms with van der Waals surface area (Å²) in [5.41, 5.74) is 1.43. The molecule has 0 spiro atoms. The van der Waals surface area contributed by atoms with Crippen molar-refractivity contribution in [3.05, 3.63) is 154 Å². The number of carbonyl (C=O) groups excluding carboxylic acids is 8. The minimum atomic E-state index is -0.885. The topological polar surface area (TPSA) is 216 Å². The van der Waals surface area contributed by atoms with Gasteiger partial charge in [0.1, 0.15) is 23.0 Å². The number of aromatic nitrogens is 4. The molecule has 3 aliphatic heterocycles. The number of hydrogen-bond donors (Lipinski definition) is 0. The lowest BCUT2D eigenvalue weighted by Gasteiger charge is -2.13. The van der Waals surface area contributed by atoms with Crippen molar-refractivity contribution in [1.29, 1.82) is 0 Å². The monoisotopic (exact) mass is 839 g/mol. The summed E-state index contributed by atoms with van der Waals surface area (Å²) in [5, 5.41) is 0. The Morgan fingerprint density at radius 2 is 0.794 bits per heavy atom. The zero-order valence-corrected chi connectivity index (χ0v) is 32.7. The van der Waals surface area contributed by atoms with Gasteiger partial charge in [0.2, 0.25) is 11.9 Å². The van der Waals surface area contributed by atoms with Gasteiger partial charge in [-0.3, -0.25) is 43.3 Å². The third kappa shape index (κ3) is 6.49. The van der Waals surface area contributed by atoms with E-state index in [1.165, 1.54) is 91.5 Å². The van der Waals surface area contributed by atoms with E-state index in [0.29, 0.717) is 19.3 Å². The fraction of sp³-hybridized carbons (Fsp3) is 0.130. The molecule has 17 nitrogen and oxygen atoms in total. The van der Waals surface area contributed by atoms with Crippen LogP contribution in [0.2, 0.25) is 0 Å². The van der Waals surface area contributed by atoms with Gasteiger partial charge < -0.3 is 9.47 Å². The van der Waals surface area contributed by atoms with Crippen molar-refractivity contribution in [3.8, 4) is 23.0 Å². The fourth-order valence-electron chi connectivity index (χ4n) is 8.11. The number of amides is 6. The highest BCUT2D eigenvalue weighted by Crippen LogP contribution is 2.37. The van der Waals surface area contributed by atoms with Crippen LogP contribution in [0.1, 0.15) is 109 Å². The van der Waals surface area contributed by atoms with Crippen molar-refractivity contribution in [2.24, 2.45) is 5.92 Å². The minimum Gasteiger partial charge on any atom is -0.457 e. The first-order valence-electron chi connectivity index (χ1n) is 19.8. The van der Waals surface area contributed by atoms with Crippen molar-refractivity contribution >= 4 is 58.9 Å². The van der Waals surface area contributed by atoms with Gasteiger partial charge in [-0.05, 0) is 97.8 Å². The lowest BCUT2D eigenvalue weighted by Crippen LogP contribution is -2.30. The second-order valence-electron chi connectivity index (χ2n) is 14.9. The number of ether oxygens (including phenoxy) is 2. The molecule has 17 heteroatoms. The molecule has 1 unspecified atom stereocenters. The van der Waals surface area contributed by atoms with Gasteiger partial charge in [0.05, 0.1) is 39.3 Å². The number of ketones is 2. The minimum absolute atomic E-state index is 0.0448. The highest BCUT2D eigenvalue weighted by molar-refractivity contribution is 6.35. The third-order valence-corrected chi connectivity index (χ3v) is 11.2. The Hall–Kier alpha value is -8.60. The molecule has 5 heterocycles. The predicted molar refractivity (Wildman–Crippen MR) is 218 cm³/mol. The first-order valence-corrected chi connectivity index (χ1v) is 19.8. The van der Waals surface area contributed by atoms with Gasteiger partial charge in [0.25, 0.3) is 35.4 Å². The molecule has 6 aromatic rings. The summed E-state index contributed by atoms with van der Waals surface area (Å²) >= 11 is 0. The molecule has 10 rings (SSSR count). The molecule has 0 N–H and O–H groups in total. The maximum atomic E-state index is 13.5. The predicted octanol–water partition coefficient (Wildman–Crippen LogP) is 6.30. The second kappa shape index (κ2) is 15.1. The van der Waals surface area contributed by atoms with Gasteiger partial charge in [0.15, 0.2) is 11.6 Å².